The molecular weight excluding hydrogens is 325 g/mol. The minimum absolute atomic E-state index is 0.835. The molecule has 1 N–H and O–H groups in total. The molecule has 0 spiro atoms. The number of aromatic nitrogens is 2. The first-order chi connectivity index (χ1) is 8.19. The van der Waals surface area contributed by atoms with E-state index in [2.05, 4.69) is 70.4 Å². The van der Waals surface area contributed by atoms with Crippen molar-refractivity contribution in [1.29, 1.82) is 0 Å². The summed E-state index contributed by atoms with van der Waals surface area (Å²) < 4.78 is 3.27. The number of benzene rings is 1. The zero-order valence-electron chi connectivity index (χ0n) is 10.1. The molecule has 0 fully saturated rings. The summed E-state index contributed by atoms with van der Waals surface area (Å²) in [6.45, 7) is 3.76. The van der Waals surface area contributed by atoms with Crippen molar-refractivity contribution in [1.82, 2.24) is 15.1 Å². The van der Waals surface area contributed by atoms with E-state index in [9.17, 15) is 0 Å². The van der Waals surface area contributed by atoms with Gasteiger partial charge in [-0.3, -0.25) is 4.68 Å². The summed E-state index contributed by atoms with van der Waals surface area (Å²) in [5, 5.41) is 7.68. The Labute approximate surface area is 115 Å². The zero-order chi connectivity index (χ0) is 12.3. The lowest BCUT2D eigenvalue weighted by atomic mass is 10.2. The van der Waals surface area contributed by atoms with Crippen molar-refractivity contribution in [3.05, 3.63) is 50.9 Å². The van der Waals surface area contributed by atoms with E-state index in [1.54, 1.807) is 0 Å². The molecule has 0 atom stereocenters. The first-order valence-electron chi connectivity index (χ1n) is 5.61. The van der Waals surface area contributed by atoms with Gasteiger partial charge in [0, 0.05) is 21.9 Å². The van der Waals surface area contributed by atoms with Crippen LogP contribution in [0.15, 0.2) is 30.5 Å². The fraction of sp³-hybridized carbons (Fsp3) is 0.308. The predicted molar refractivity (Wildman–Crippen MR) is 78.0 cm³/mol. The van der Waals surface area contributed by atoms with Crippen LogP contribution in [0.1, 0.15) is 16.8 Å². The van der Waals surface area contributed by atoms with Crippen molar-refractivity contribution in [2.45, 2.75) is 20.0 Å². The molecule has 0 saturated heterocycles. The third-order valence-electron chi connectivity index (χ3n) is 2.67. The lowest BCUT2D eigenvalue weighted by Crippen LogP contribution is -2.05. The Hall–Kier alpha value is -0.880. The highest BCUT2D eigenvalue weighted by Gasteiger charge is 2.04. The monoisotopic (exact) mass is 341 g/mol. The summed E-state index contributed by atoms with van der Waals surface area (Å²) in [6, 6.07) is 8.55. The summed E-state index contributed by atoms with van der Waals surface area (Å²) in [5.74, 6) is 0. The number of halogens is 1. The van der Waals surface area contributed by atoms with Gasteiger partial charge in [0.15, 0.2) is 0 Å². The van der Waals surface area contributed by atoms with Crippen molar-refractivity contribution >= 4 is 22.6 Å². The molecular formula is C13H16IN3. The molecule has 0 aliphatic heterocycles. The molecule has 1 aromatic carbocycles. The van der Waals surface area contributed by atoms with Gasteiger partial charge in [0.05, 0.1) is 12.2 Å². The molecule has 0 amide bonds. The number of rotatable bonds is 4. The van der Waals surface area contributed by atoms with E-state index in [1.165, 1.54) is 14.7 Å². The van der Waals surface area contributed by atoms with Crippen LogP contribution in [0.25, 0.3) is 0 Å². The summed E-state index contributed by atoms with van der Waals surface area (Å²) in [5.41, 5.74) is 3.65. The van der Waals surface area contributed by atoms with E-state index in [0.29, 0.717) is 0 Å². The van der Waals surface area contributed by atoms with Crippen molar-refractivity contribution in [2.75, 3.05) is 7.05 Å². The summed E-state index contributed by atoms with van der Waals surface area (Å²) in [7, 11) is 1.95. The molecule has 4 heteroatoms. The Kier molecular flexibility index (Phi) is 4.17. The maximum atomic E-state index is 4.52. The van der Waals surface area contributed by atoms with Crippen molar-refractivity contribution in [3.8, 4) is 0 Å². The Bertz CT molecular complexity index is 488. The molecule has 0 radical (unpaired) electrons. The lowest BCUT2D eigenvalue weighted by molar-refractivity contribution is 0.679. The van der Waals surface area contributed by atoms with Gasteiger partial charge in [-0.2, -0.15) is 5.10 Å². The summed E-state index contributed by atoms with van der Waals surface area (Å²) in [4.78, 5) is 0. The van der Waals surface area contributed by atoms with E-state index in [1.807, 2.05) is 11.7 Å². The van der Waals surface area contributed by atoms with Crippen molar-refractivity contribution < 1.29 is 0 Å². The van der Waals surface area contributed by atoms with Gasteiger partial charge in [0.25, 0.3) is 0 Å². The van der Waals surface area contributed by atoms with Crippen LogP contribution < -0.4 is 5.32 Å². The molecule has 0 unspecified atom stereocenters. The van der Waals surface area contributed by atoms with Gasteiger partial charge in [-0.05, 0) is 54.3 Å². The molecule has 90 valence electrons. The normalized spacial score (nSPS) is 10.8. The van der Waals surface area contributed by atoms with Gasteiger partial charge >= 0.3 is 0 Å². The molecule has 0 saturated carbocycles. The summed E-state index contributed by atoms with van der Waals surface area (Å²) in [6.07, 6.45) is 2.11. The Morgan fingerprint density at radius 2 is 2.00 bits per heavy atom. The molecule has 0 aliphatic carbocycles. The second kappa shape index (κ2) is 5.64. The molecule has 2 aromatic rings. The van der Waals surface area contributed by atoms with E-state index in [4.69, 9.17) is 0 Å². The quantitative estimate of drug-likeness (QED) is 0.867. The van der Waals surface area contributed by atoms with Crippen molar-refractivity contribution in [3.63, 3.8) is 0 Å². The van der Waals surface area contributed by atoms with Gasteiger partial charge < -0.3 is 5.32 Å². The molecule has 2 rings (SSSR count). The van der Waals surface area contributed by atoms with Crippen LogP contribution in [0.3, 0.4) is 0 Å². The van der Waals surface area contributed by atoms with Crippen LogP contribution in [-0.4, -0.2) is 16.8 Å². The highest BCUT2D eigenvalue weighted by molar-refractivity contribution is 14.1. The maximum absolute atomic E-state index is 4.52. The molecule has 1 aromatic heterocycles. The van der Waals surface area contributed by atoms with Crippen LogP contribution in [0.4, 0.5) is 0 Å². The van der Waals surface area contributed by atoms with Gasteiger partial charge in [-0.1, -0.05) is 12.1 Å². The minimum Gasteiger partial charge on any atom is -0.316 e. The number of aryl methyl sites for hydroxylation is 1. The zero-order valence-corrected chi connectivity index (χ0v) is 12.2. The van der Waals surface area contributed by atoms with E-state index >= 15 is 0 Å². The van der Waals surface area contributed by atoms with Crippen LogP contribution in [-0.2, 0) is 13.1 Å². The lowest BCUT2D eigenvalue weighted by Gasteiger charge is -2.01. The maximum Gasteiger partial charge on any atom is 0.0659 e. The highest BCUT2D eigenvalue weighted by atomic mass is 127. The SMILES string of the molecule is CNCc1cn(Cc2ccc(I)cc2)nc1C. The van der Waals surface area contributed by atoms with E-state index < -0.39 is 0 Å². The third-order valence-corrected chi connectivity index (χ3v) is 3.39. The number of nitrogens with zero attached hydrogens (tertiary/aromatic N) is 2. The summed E-state index contributed by atoms with van der Waals surface area (Å²) >= 11 is 2.32. The van der Waals surface area contributed by atoms with Crippen molar-refractivity contribution in [2.24, 2.45) is 0 Å². The molecule has 17 heavy (non-hydrogen) atoms. The van der Waals surface area contributed by atoms with Gasteiger partial charge in [-0.25, -0.2) is 0 Å². The molecule has 3 nitrogen and oxygen atoms in total. The number of hydrogen-bond acceptors (Lipinski definition) is 2. The highest BCUT2D eigenvalue weighted by Crippen LogP contribution is 2.10. The minimum atomic E-state index is 0.835. The molecule has 0 bridgehead atoms. The predicted octanol–water partition coefficient (Wildman–Crippen LogP) is 2.56. The van der Waals surface area contributed by atoms with Crippen LogP contribution in [0.2, 0.25) is 0 Å². The number of nitrogens with one attached hydrogen (secondary N) is 1. The first kappa shape index (κ1) is 12.6. The second-order valence-electron chi connectivity index (χ2n) is 4.09. The van der Waals surface area contributed by atoms with E-state index in [0.717, 1.165) is 18.8 Å². The second-order valence-corrected chi connectivity index (χ2v) is 5.34. The Morgan fingerprint density at radius 3 is 2.65 bits per heavy atom. The third kappa shape index (κ3) is 3.29. The van der Waals surface area contributed by atoms with Crippen LogP contribution in [0.5, 0.6) is 0 Å². The largest absolute Gasteiger partial charge is 0.316 e. The Balaban J connectivity index is 2.13. The van der Waals surface area contributed by atoms with Gasteiger partial charge in [-0.15, -0.1) is 0 Å². The fourth-order valence-corrected chi connectivity index (χ4v) is 2.14. The molecule has 0 aliphatic rings. The van der Waals surface area contributed by atoms with Gasteiger partial charge in [0.2, 0.25) is 0 Å². The average molecular weight is 341 g/mol. The van der Waals surface area contributed by atoms with E-state index in [-0.39, 0.29) is 0 Å². The van der Waals surface area contributed by atoms with Crippen LogP contribution >= 0.6 is 22.6 Å². The molecule has 1 heterocycles. The standard InChI is InChI=1S/C13H16IN3/c1-10-12(7-15-2)9-17(16-10)8-11-3-5-13(14)6-4-11/h3-6,9,15H,7-8H2,1-2H3. The fourth-order valence-electron chi connectivity index (χ4n) is 1.78. The Morgan fingerprint density at radius 1 is 1.29 bits per heavy atom. The smallest absolute Gasteiger partial charge is 0.0659 e. The average Bonchev–Trinajstić information content (AvgIpc) is 2.63. The first-order valence-corrected chi connectivity index (χ1v) is 6.69. The van der Waals surface area contributed by atoms with Crippen LogP contribution in [0, 0.1) is 10.5 Å². The number of hydrogen-bond donors (Lipinski definition) is 1. The van der Waals surface area contributed by atoms with Gasteiger partial charge in [0.1, 0.15) is 0 Å². The topological polar surface area (TPSA) is 29.9 Å².